The lowest BCUT2D eigenvalue weighted by molar-refractivity contribution is -0.136. The Hall–Kier alpha value is -2.25. The van der Waals surface area contributed by atoms with E-state index in [2.05, 4.69) is 21.6 Å². The Labute approximate surface area is 176 Å². The van der Waals surface area contributed by atoms with Crippen LogP contribution >= 0.6 is 0 Å². The summed E-state index contributed by atoms with van der Waals surface area (Å²) >= 11 is 0. The molecule has 6 aliphatic rings. The van der Waals surface area contributed by atoms with Crippen LogP contribution in [0.25, 0.3) is 0 Å². The third-order valence-electron chi connectivity index (χ3n) is 8.19. The average molecular weight is 409 g/mol. The van der Waals surface area contributed by atoms with Crippen molar-refractivity contribution >= 4 is 17.7 Å². The number of carbonyl (C=O) groups excluding carboxylic acids is 3. The molecule has 7 nitrogen and oxygen atoms in total. The second-order valence-electron chi connectivity index (χ2n) is 9.67. The van der Waals surface area contributed by atoms with Crippen LogP contribution in [-0.2, 0) is 22.7 Å². The van der Waals surface area contributed by atoms with Crippen molar-refractivity contribution in [3.63, 3.8) is 0 Å². The molecule has 0 aromatic heterocycles. The van der Waals surface area contributed by atoms with E-state index in [0.29, 0.717) is 19.0 Å². The van der Waals surface area contributed by atoms with Crippen molar-refractivity contribution in [3.8, 4) is 0 Å². The molecule has 3 amide bonds. The molecule has 2 N–H and O–H groups in total. The molecule has 1 aliphatic carbocycles. The highest BCUT2D eigenvalue weighted by Gasteiger charge is 2.49. The summed E-state index contributed by atoms with van der Waals surface area (Å²) in [5, 5.41) is 5.99. The fourth-order valence-corrected chi connectivity index (χ4v) is 6.81. The Bertz CT molecular complexity index is 931. The number of hydrogen-bond acceptors (Lipinski definition) is 5. The highest BCUT2D eigenvalue weighted by Crippen LogP contribution is 2.45. The summed E-state index contributed by atoms with van der Waals surface area (Å²) in [6.45, 7) is 4.68. The van der Waals surface area contributed by atoms with Crippen LogP contribution in [0.4, 0.5) is 0 Å². The molecule has 2 bridgehead atoms. The number of nitrogens with zero attached hydrogens (tertiary/aromatic N) is 2. The molecule has 158 valence electrons. The molecule has 7 rings (SSSR count). The van der Waals surface area contributed by atoms with Crippen molar-refractivity contribution in [3.05, 3.63) is 34.9 Å². The number of hydrogen-bond donors (Lipinski definition) is 2. The summed E-state index contributed by atoms with van der Waals surface area (Å²) in [5.74, 6) is 1.68. The van der Waals surface area contributed by atoms with Gasteiger partial charge in [-0.05, 0) is 61.2 Å². The first-order valence-electron chi connectivity index (χ1n) is 11.3. The zero-order chi connectivity index (χ0) is 20.4. The highest BCUT2D eigenvalue weighted by molar-refractivity contribution is 6.06. The van der Waals surface area contributed by atoms with Gasteiger partial charge in [0.1, 0.15) is 6.04 Å². The number of amides is 3. The van der Waals surface area contributed by atoms with Crippen molar-refractivity contribution in [1.82, 2.24) is 20.4 Å². The molecule has 1 saturated carbocycles. The summed E-state index contributed by atoms with van der Waals surface area (Å²) < 4.78 is 0. The van der Waals surface area contributed by atoms with Crippen molar-refractivity contribution < 1.29 is 14.4 Å². The van der Waals surface area contributed by atoms with Gasteiger partial charge in [0.05, 0.1) is 0 Å². The summed E-state index contributed by atoms with van der Waals surface area (Å²) in [5.41, 5.74) is 2.87. The van der Waals surface area contributed by atoms with Crippen LogP contribution in [0.1, 0.15) is 47.2 Å². The maximum Gasteiger partial charge on any atom is 0.255 e. The normalized spacial score (nSPS) is 35.5. The first kappa shape index (κ1) is 18.5. The summed E-state index contributed by atoms with van der Waals surface area (Å²) in [6, 6.07) is 6.18. The van der Waals surface area contributed by atoms with E-state index in [9.17, 15) is 14.4 Å². The lowest BCUT2D eigenvalue weighted by Crippen LogP contribution is -2.56. The molecule has 1 aromatic rings. The van der Waals surface area contributed by atoms with Crippen molar-refractivity contribution in [1.29, 1.82) is 0 Å². The first-order valence-corrected chi connectivity index (χ1v) is 11.3. The van der Waals surface area contributed by atoms with E-state index < -0.39 is 6.04 Å². The predicted molar refractivity (Wildman–Crippen MR) is 109 cm³/mol. The fraction of sp³-hybridized carbons (Fsp3) is 0.609. The Morgan fingerprint density at radius 3 is 2.77 bits per heavy atom. The van der Waals surface area contributed by atoms with Gasteiger partial charge in [0.2, 0.25) is 11.8 Å². The summed E-state index contributed by atoms with van der Waals surface area (Å²) in [7, 11) is 0. The van der Waals surface area contributed by atoms with Gasteiger partial charge in [-0.3, -0.25) is 24.6 Å². The van der Waals surface area contributed by atoms with Crippen LogP contribution in [0.3, 0.4) is 0 Å². The number of imide groups is 1. The fourth-order valence-electron chi connectivity index (χ4n) is 6.81. The Kier molecular flexibility index (Phi) is 4.25. The van der Waals surface area contributed by atoms with Gasteiger partial charge in [0.25, 0.3) is 5.91 Å². The number of piperidine rings is 3. The van der Waals surface area contributed by atoms with Crippen LogP contribution in [-0.4, -0.2) is 59.2 Å². The van der Waals surface area contributed by atoms with Gasteiger partial charge in [-0.25, -0.2) is 0 Å². The van der Waals surface area contributed by atoms with E-state index in [1.165, 1.54) is 19.4 Å². The smallest absolute Gasteiger partial charge is 0.255 e. The molecule has 0 spiro atoms. The lowest BCUT2D eigenvalue weighted by atomic mass is 9.66. The number of fused-ring (bicyclic) bond motifs is 3. The van der Waals surface area contributed by atoms with E-state index in [1.54, 1.807) is 4.90 Å². The summed E-state index contributed by atoms with van der Waals surface area (Å²) in [6.07, 6.45) is 3.29. The molecule has 0 radical (unpaired) electrons. The highest BCUT2D eigenvalue weighted by atomic mass is 16.2. The average Bonchev–Trinajstić information content (AvgIpc) is 3.36. The lowest BCUT2D eigenvalue weighted by Gasteiger charge is -2.52. The van der Waals surface area contributed by atoms with E-state index in [-0.39, 0.29) is 24.1 Å². The number of benzene rings is 1. The van der Waals surface area contributed by atoms with E-state index in [1.807, 2.05) is 12.1 Å². The quantitative estimate of drug-likeness (QED) is 0.726. The van der Waals surface area contributed by atoms with E-state index >= 15 is 0 Å². The number of nitrogens with one attached hydrogen (secondary N) is 2. The molecule has 5 unspecified atom stereocenters. The minimum absolute atomic E-state index is 0.0577. The number of rotatable bonds is 3. The van der Waals surface area contributed by atoms with E-state index in [4.69, 9.17) is 0 Å². The van der Waals surface area contributed by atoms with Crippen LogP contribution in [0.2, 0.25) is 0 Å². The van der Waals surface area contributed by atoms with Crippen molar-refractivity contribution in [2.75, 3.05) is 19.6 Å². The molecule has 5 heterocycles. The maximum atomic E-state index is 13.4. The van der Waals surface area contributed by atoms with E-state index in [0.717, 1.165) is 54.1 Å². The van der Waals surface area contributed by atoms with Gasteiger partial charge in [0.15, 0.2) is 0 Å². The number of carbonyl (C=O) groups is 3. The first-order chi connectivity index (χ1) is 14.6. The minimum atomic E-state index is -0.549. The molecule has 5 fully saturated rings. The third kappa shape index (κ3) is 2.75. The third-order valence-corrected chi connectivity index (χ3v) is 8.19. The van der Waals surface area contributed by atoms with Gasteiger partial charge in [0, 0.05) is 37.7 Å². The molecule has 7 heteroatoms. The zero-order valence-electron chi connectivity index (χ0n) is 17.1. The second kappa shape index (κ2) is 6.89. The predicted octanol–water partition coefficient (Wildman–Crippen LogP) is 0.877. The molecule has 5 aliphatic heterocycles. The Morgan fingerprint density at radius 1 is 1.03 bits per heavy atom. The second-order valence-corrected chi connectivity index (χ2v) is 9.67. The van der Waals surface area contributed by atoms with Crippen LogP contribution < -0.4 is 10.6 Å². The van der Waals surface area contributed by atoms with Crippen LogP contribution in [0.15, 0.2) is 18.2 Å². The molecule has 1 aromatic carbocycles. The molecule has 4 saturated heterocycles. The maximum absolute atomic E-state index is 13.4. The minimum Gasteiger partial charge on any atom is -0.322 e. The monoisotopic (exact) mass is 408 g/mol. The molecule has 5 atom stereocenters. The molecular formula is C23H28N4O3. The van der Waals surface area contributed by atoms with Gasteiger partial charge >= 0.3 is 0 Å². The van der Waals surface area contributed by atoms with Gasteiger partial charge in [-0.1, -0.05) is 18.2 Å². The topological polar surface area (TPSA) is 81.8 Å². The van der Waals surface area contributed by atoms with Gasteiger partial charge in [-0.2, -0.15) is 0 Å². The molecular weight excluding hydrogens is 380 g/mol. The molecule has 30 heavy (non-hydrogen) atoms. The van der Waals surface area contributed by atoms with Gasteiger partial charge < -0.3 is 10.2 Å². The largest absolute Gasteiger partial charge is 0.322 e. The Balaban J connectivity index is 1.25. The summed E-state index contributed by atoms with van der Waals surface area (Å²) in [4.78, 5) is 41.5. The van der Waals surface area contributed by atoms with Crippen LogP contribution in [0.5, 0.6) is 0 Å². The SMILES string of the molecule is O=C1CCC(N2Cc3cccc(CN4CC5CCC4C4CNCC54)c3C2=O)C(=O)N1. The zero-order valence-corrected chi connectivity index (χ0v) is 17.1. The van der Waals surface area contributed by atoms with Crippen molar-refractivity contribution in [2.45, 2.75) is 50.9 Å². The van der Waals surface area contributed by atoms with Crippen molar-refractivity contribution in [2.24, 2.45) is 17.8 Å². The Morgan fingerprint density at radius 2 is 1.90 bits per heavy atom. The van der Waals surface area contributed by atoms with Crippen LogP contribution in [0, 0.1) is 17.8 Å². The standard InChI is InChI=1S/C23H28N4O3/c28-20-7-6-19(22(29)25-20)27-12-15-3-1-2-14(21(15)23(27)30)11-26-10-13-4-5-18(26)17-9-24-8-16(13)17/h1-3,13,16-19,24H,4-12H2,(H,25,28,29). The van der Waals surface area contributed by atoms with Gasteiger partial charge in [-0.15, -0.1) is 0 Å².